The van der Waals surface area contributed by atoms with Gasteiger partial charge < -0.3 is 15.0 Å². The molecule has 0 aromatic carbocycles. The number of nitrogens with zero attached hydrogens (tertiary/aromatic N) is 1. The maximum absolute atomic E-state index is 11.9. The molecule has 0 atom stereocenters. The molecule has 1 rings (SSSR count). The van der Waals surface area contributed by atoms with Crippen LogP contribution in [0, 0.1) is 0 Å². The zero-order chi connectivity index (χ0) is 13.4. The lowest BCUT2D eigenvalue weighted by Gasteiger charge is -2.22. The zero-order valence-electron chi connectivity index (χ0n) is 11.3. The van der Waals surface area contributed by atoms with Gasteiger partial charge in [0.25, 0.3) is 0 Å². The summed E-state index contributed by atoms with van der Waals surface area (Å²) in [4.78, 5) is 2.03. The summed E-state index contributed by atoms with van der Waals surface area (Å²) in [5, 5.41) is 2.91. The van der Waals surface area contributed by atoms with E-state index in [-0.39, 0.29) is 5.25 Å². The summed E-state index contributed by atoms with van der Waals surface area (Å²) in [5.41, 5.74) is 0. The molecule has 0 unspecified atom stereocenters. The SMILES string of the molecule is CN(C)CCOCCNS(=O)(=O)C1CCNCC1. The largest absolute Gasteiger partial charge is 0.379 e. The van der Waals surface area contributed by atoms with Gasteiger partial charge in [0.1, 0.15) is 0 Å². The summed E-state index contributed by atoms with van der Waals surface area (Å²) in [6, 6.07) is 0. The van der Waals surface area contributed by atoms with Crippen LogP contribution in [0.1, 0.15) is 12.8 Å². The monoisotopic (exact) mass is 279 g/mol. The van der Waals surface area contributed by atoms with E-state index in [2.05, 4.69) is 10.0 Å². The zero-order valence-corrected chi connectivity index (χ0v) is 12.1. The van der Waals surface area contributed by atoms with E-state index in [1.54, 1.807) is 0 Å². The smallest absolute Gasteiger partial charge is 0.214 e. The van der Waals surface area contributed by atoms with Crippen LogP contribution < -0.4 is 10.0 Å². The first-order valence-corrected chi connectivity index (χ1v) is 7.98. The molecule has 0 aromatic rings. The van der Waals surface area contributed by atoms with Crippen LogP contribution in [0.2, 0.25) is 0 Å². The van der Waals surface area contributed by atoms with Gasteiger partial charge in [-0.3, -0.25) is 0 Å². The van der Waals surface area contributed by atoms with Crippen LogP contribution >= 0.6 is 0 Å². The second-order valence-corrected chi connectivity index (χ2v) is 6.85. The number of piperidine rings is 1. The first-order chi connectivity index (χ1) is 8.52. The molecule has 18 heavy (non-hydrogen) atoms. The molecule has 0 spiro atoms. The van der Waals surface area contributed by atoms with Crippen molar-refractivity contribution in [2.45, 2.75) is 18.1 Å². The summed E-state index contributed by atoms with van der Waals surface area (Å²) in [6.45, 7) is 3.83. The number of ether oxygens (including phenoxy) is 1. The van der Waals surface area contributed by atoms with E-state index < -0.39 is 10.0 Å². The van der Waals surface area contributed by atoms with Crippen LogP contribution in [0.25, 0.3) is 0 Å². The Labute approximate surface area is 110 Å². The number of rotatable bonds is 8. The van der Waals surface area contributed by atoms with E-state index in [1.807, 2.05) is 19.0 Å². The Morgan fingerprint density at radius 1 is 1.28 bits per heavy atom. The van der Waals surface area contributed by atoms with Crippen LogP contribution in [0.15, 0.2) is 0 Å². The van der Waals surface area contributed by atoms with Crippen molar-refractivity contribution in [3.8, 4) is 0 Å². The van der Waals surface area contributed by atoms with Crippen molar-refractivity contribution in [3.05, 3.63) is 0 Å². The van der Waals surface area contributed by atoms with Crippen LogP contribution in [0.3, 0.4) is 0 Å². The van der Waals surface area contributed by atoms with Crippen LogP contribution in [0.5, 0.6) is 0 Å². The molecular weight excluding hydrogens is 254 g/mol. The standard InChI is InChI=1S/C11H25N3O3S/c1-14(2)8-10-17-9-7-13-18(15,16)11-3-5-12-6-4-11/h11-13H,3-10H2,1-2H3. The van der Waals surface area contributed by atoms with Crippen LogP contribution in [0.4, 0.5) is 0 Å². The van der Waals surface area contributed by atoms with Gasteiger partial charge >= 0.3 is 0 Å². The number of likely N-dealkylation sites (N-methyl/N-ethyl adjacent to an activating group) is 1. The minimum absolute atomic E-state index is 0.250. The molecule has 1 fully saturated rings. The Kier molecular flexibility index (Phi) is 7.10. The van der Waals surface area contributed by atoms with Gasteiger partial charge in [0.05, 0.1) is 18.5 Å². The van der Waals surface area contributed by atoms with Crippen molar-refractivity contribution >= 4 is 10.0 Å². The molecule has 6 nitrogen and oxygen atoms in total. The number of sulfonamides is 1. The average Bonchev–Trinajstić information content (AvgIpc) is 2.34. The highest BCUT2D eigenvalue weighted by Gasteiger charge is 2.26. The Hall–Kier alpha value is -0.210. The summed E-state index contributed by atoms with van der Waals surface area (Å²) >= 11 is 0. The quantitative estimate of drug-likeness (QED) is 0.571. The fourth-order valence-electron chi connectivity index (χ4n) is 1.83. The maximum Gasteiger partial charge on any atom is 0.214 e. The summed E-state index contributed by atoms with van der Waals surface area (Å²) in [7, 11) is 0.783. The van der Waals surface area contributed by atoms with E-state index >= 15 is 0 Å². The van der Waals surface area contributed by atoms with E-state index in [9.17, 15) is 8.42 Å². The van der Waals surface area contributed by atoms with Crippen molar-refractivity contribution < 1.29 is 13.2 Å². The molecule has 1 aliphatic rings. The van der Waals surface area contributed by atoms with Gasteiger partial charge in [-0.15, -0.1) is 0 Å². The van der Waals surface area contributed by atoms with Gasteiger partial charge in [-0.1, -0.05) is 0 Å². The third kappa shape index (κ3) is 6.10. The summed E-state index contributed by atoms with van der Waals surface area (Å²) in [5.74, 6) is 0. The van der Waals surface area contributed by atoms with E-state index in [0.717, 1.165) is 19.6 Å². The Morgan fingerprint density at radius 2 is 1.94 bits per heavy atom. The Morgan fingerprint density at radius 3 is 2.56 bits per heavy atom. The van der Waals surface area contributed by atoms with Gasteiger partial charge in [0.15, 0.2) is 0 Å². The molecule has 0 aromatic heterocycles. The lowest BCUT2D eigenvalue weighted by molar-refractivity contribution is 0.122. The summed E-state index contributed by atoms with van der Waals surface area (Å²) < 4.78 is 31.8. The maximum atomic E-state index is 11.9. The second kappa shape index (κ2) is 8.06. The molecule has 0 bridgehead atoms. The van der Waals surface area contributed by atoms with Crippen molar-refractivity contribution in [2.75, 3.05) is 53.5 Å². The topological polar surface area (TPSA) is 70.7 Å². The fourth-order valence-corrected chi connectivity index (χ4v) is 3.29. The van der Waals surface area contributed by atoms with Crippen molar-refractivity contribution in [1.82, 2.24) is 14.9 Å². The van der Waals surface area contributed by atoms with E-state index in [4.69, 9.17) is 4.74 Å². The fraction of sp³-hybridized carbons (Fsp3) is 1.00. The van der Waals surface area contributed by atoms with Crippen molar-refractivity contribution in [3.63, 3.8) is 0 Å². The highest BCUT2D eigenvalue weighted by molar-refractivity contribution is 7.90. The third-order valence-corrected chi connectivity index (χ3v) is 4.91. The van der Waals surface area contributed by atoms with Gasteiger partial charge in [-0.05, 0) is 40.0 Å². The van der Waals surface area contributed by atoms with Gasteiger partial charge in [0, 0.05) is 13.1 Å². The first-order valence-electron chi connectivity index (χ1n) is 6.44. The van der Waals surface area contributed by atoms with Crippen molar-refractivity contribution in [1.29, 1.82) is 0 Å². The van der Waals surface area contributed by atoms with Gasteiger partial charge in [0.2, 0.25) is 10.0 Å². The lowest BCUT2D eigenvalue weighted by atomic mass is 10.2. The molecule has 1 saturated heterocycles. The normalized spacial score (nSPS) is 18.4. The second-order valence-electron chi connectivity index (χ2n) is 4.80. The molecular formula is C11H25N3O3S. The molecule has 2 N–H and O–H groups in total. The minimum atomic E-state index is -3.17. The van der Waals surface area contributed by atoms with Gasteiger partial charge in [-0.25, -0.2) is 13.1 Å². The number of hydrogen-bond acceptors (Lipinski definition) is 5. The summed E-state index contributed by atoms with van der Waals surface area (Å²) in [6.07, 6.45) is 1.38. The van der Waals surface area contributed by atoms with E-state index in [0.29, 0.717) is 32.6 Å². The molecule has 108 valence electrons. The predicted octanol–water partition coefficient (Wildman–Crippen LogP) is -0.764. The highest BCUT2D eigenvalue weighted by Crippen LogP contribution is 2.11. The van der Waals surface area contributed by atoms with Crippen LogP contribution in [-0.2, 0) is 14.8 Å². The van der Waals surface area contributed by atoms with Crippen LogP contribution in [-0.4, -0.2) is 72.1 Å². The molecule has 1 heterocycles. The molecule has 0 amide bonds. The molecule has 1 aliphatic heterocycles. The van der Waals surface area contributed by atoms with E-state index in [1.165, 1.54) is 0 Å². The molecule has 7 heteroatoms. The highest BCUT2D eigenvalue weighted by atomic mass is 32.2. The van der Waals surface area contributed by atoms with Crippen molar-refractivity contribution in [2.24, 2.45) is 0 Å². The average molecular weight is 279 g/mol. The lowest BCUT2D eigenvalue weighted by Crippen LogP contribution is -2.42. The Bertz CT molecular complexity index is 313. The molecule has 0 aliphatic carbocycles. The molecule has 0 radical (unpaired) electrons. The number of hydrogen-bond donors (Lipinski definition) is 2. The minimum Gasteiger partial charge on any atom is -0.379 e. The predicted molar refractivity (Wildman–Crippen MR) is 72.2 cm³/mol. The molecule has 0 saturated carbocycles. The van der Waals surface area contributed by atoms with Gasteiger partial charge in [-0.2, -0.15) is 0 Å². The first kappa shape index (κ1) is 15.8. The Balaban J connectivity index is 2.13. The third-order valence-electron chi connectivity index (χ3n) is 2.96. The number of nitrogens with one attached hydrogen (secondary N) is 2.